The summed E-state index contributed by atoms with van der Waals surface area (Å²) in [7, 11) is 0. The Morgan fingerprint density at radius 3 is 1.96 bits per heavy atom. The molecule has 0 aliphatic heterocycles. The molecule has 0 aliphatic rings. The van der Waals surface area contributed by atoms with Gasteiger partial charge < -0.3 is 9.69 Å². The van der Waals surface area contributed by atoms with E-state index in [2.05, 4.69) is 18.7 Å². The average molecular weight is 311 g/mol. The predicted molar refractivity (Wildman–Crippen MR) is 96.2 cm³/mol. The molecule has 2 rings (SSSR count). The van der Waals surface area contributed by atoms with E-state index in [1.807, 2.05) is 61.5 Å². The van der Waals surface area contributed by atoms with Crippen molar-refractivity contribution in [2.24, 2.45) is 0 Å². The highest BCUT2D eigenvalue weighted by atomic mass is 16.1. The van der Waals surface area contributed by atoms with Gasteiger partial charge in [-0.25, -0.2) is 0 Å². The Kier molecular flexibility index (Phi) is 8.37. The van der Waals surface area contributed by atoms with Gasteiger partial charge in [-0.15, -0.1) is 0 Å². The van der Waals surface area contributed by atoms with Gasteiger partial charge in [-0.2, -0.15) is 0 Å². The van der Waals surface area contributed by atoms with Crippen molar-refractivity contribution in [3.05, 3.63) is 65.7 Å². The van der Waals surface area contributed by atoms with Crippen LogP contribution in [-0.2, 0) is 4.79 Å². The molecule has 0 N–H and O–H groups in total. The van der Waals surface area contributed by atoms with Crippen molar-refractivity contribution in [3.63, 3.8) is 0 Å². The fourth-order valence-corrected chi connectivity index (χ4v) is 2.25. The first-order valence-electron chi connectivity index (χ1n) is 8.06. The minimum Gasteiger partial charge on any atom is -0.371 e. The van der Waals surface area contributed by atoms with Gasteiger partial charge in [0.1, 0.15) is 6.29 Å². The largest absolute Gasteiger partial charge is 0.371 e. The third-order valence-electron chi connectivity index (χ3n) is 3.46. The van der Waals surface area contributed by atoms with Gasteiger partial charge in [0.15, 0.2) is 5.78 Å². The van der Waals surface area contributed by atoms with Crippen LogP contribution in [0.1, 0.15) is 43.1 Å². The van der Waals surface area contributed by atoms with E-state index in [-0.39, 0.29) is 5.78 Å². The molecule has 3 nitrogen and oxygen atoms in total. The maximum Gasteiger partial charge on any atom is 0.195 e. The molecule has 0 bridgehead atoms. The van der Waals surface area contributed by atoms with Crippen LogP contribution >= 0.6 is 0 Å². The second kappa shape index (κ2) is 10.3. The van der Waals surface area contributed by atoms with E-state index in [0.29, 0.717) is 6.42 Å². The zero-order valence-electron chi connectivity index (χ0n) is 14.2. The quantitative estimate of drug-likeness (QED) is 0.587. The molecular weight excluding hydrogens is 286 g/mol. The van der Waals surface area contributed by atoms with Crippen LogP contribution in [0.15, 0.2) is 54.6 Å². The normalized spacial score (nSPS) is 9.52. The van der Waals surface area contributed by atoms with Crippen LogP contribution < -0.4 is 4.90 Å². The molecule has 0 aromatic heterocycles. The highest BCUT2D eigenvalue weighted by molar-refractivity contribution is 6.12. The lowest BCUT2D eigenvalue weighted by atomic mass is 10.0. The van der Waals surface area contributed by atoms with Gasteiger partial charge in [-0.1, -0.05) is 49.4 Å². The zero-order valence-corrected chi connectivity index (χ0v) is 14.2. The summed E-state index contributed by atoms with van der Waals surface area (Å²) in [6.45, 7) is 7.82. The highest BCUT2D eigenvalue weighted by Gasteiger charge is 2.15. The van der Waals surface area contributed by atoms with Gasteiger partial charge in [0.25, 0.3) is 0 Å². The molecule has 23 heavy (non-hydrogen) atoms. The van der Waals surface area contributed by atoms with E-state index in [0.717, 1.165) is 36.2 Å². The van der Waals surface area contributed by atoms with Crippen molar-refractivity contribution >= 4 is 17.8 Å². The van der Waals surface area contributed by atoms with Crippen molar-refractivity contribution in [3.8, 4) is 0 Å². The number of anilines is 1. The first-order chi connectivity index (χ1) is 11.2. The number of benzene rings is 2. The van der Waals surface area contributed by atoms with Crippen LogP contribution in [0.3, 0.4) is 0 Å². The summed E-state index contributed by atoms with van der Waals surface area (Å²) in [4.78, 5) is 24.0. The van der Waals surface area contributed by atoms with E-state index in [1.54, 1.807) is 0 Å². The van der Waals surface area contributed by atoms with E-state index in [1.165, 1.54) is 0 Å². The van der Waals surface area contributed by atoms with Gasteiger partial charge in [0.2, 0.25) is 0 Å². The molecule has 0 amide bonds. The van der Waals surface area contributed by atoms with Gasteiger partial charge >= 0.3 is 0 Å². The third kappa shape index (κ3) is 5.37. The molecule has 0 fully saturated rings. The number of rotatable bonds is 6. The number of carbonyl (C=O) groups excluding carboxylic acids is 2. The summed E-state index contributed by atoms with van der Waals surface area (Å²) < 4.78 is 0. The van der Waals surface area contributed by atoms with Gasteiger partial charge in [0.05, 0.1) is 0 Å². The van der Waals surface area contributed by atoms with Gasteiger partial charge in [0, 0.05) is 36.3 Å². The third-order valence-corrected chi connectivity index (χ3v) is 3.46. The molecule has 0 unspecified atom stereocenters. The number of hydrogen-bond acceptors (Lipinski definition) is 3. The molecule has 2 aromatic rings. The van der Waals surface area contributed by atoms with Crippen LogP contribution in [0.2, 0.25) is 0 Å². The topological polar surface area (TPSA) is 37.4 Å². The minimum absolute atomic E-state index is 0.0862. The maximum absolute atomic E-state index is 12.6. The molecule has 0 aliphatic carbocycles. The summed E-state index contributed by atoms with van der Waals surface area (Å²) in [5.74, 6) is 0.0862. The molecule has 0 saturated carbocycles. The molecule has 0 saturated heterocycles. The first-order valence-corrected chi connectivity index (χ1v) is 8.06. The summed E-state index contributed by atoms with van der Waals surface area (Å²) in [5.41, 5.74) is 2.53. The molecule has 122 valence electrons. The maximum atomic E-state index is 12.6. The van der Waals surface area contributed by atoms with Crippen molar-refractivity contribution in [1.29, 1.82) is 0 Å². The second-order valence-corrected chi connectivity index (χ2v) is 4.96. The predicted octanol–water partition coefficient (Wildman–Crippen LogP) is 4.36. The number of aldehydes is 1. The Bertz CT molecular complexity index is 604. The highest BCUT2D eigenvalue weighted by Crippen LogP contribution is 2.23. The van der Waals surface area contributed by atoms with E-state index in [9.17, 15) is 9.59 Å². The lowest BCUT2D eigenvalue weighted by Crippen LogP contribution is -2.24. The number of carbonyl (C=O) groups is 2. The van der Waals surface area contributed by atoms with Gasteiger partial charge in [-0.05, 0) is 26.0 Å². The van der Waals surface area contributed by atoms with E-state index < -0.39 is 0 Å². The fraction of sp³-hybridized carbons (Fsp3) is 0.300. The molecule has 0 atom stereocenters. The monoisotopic (exact) mass is 311 g/mol. The summed E-state index contributed by atoms with van der Waals surface area (Å²) >= 11 is 0. The lowest BCUT2D eigenvalue weighted by molar-refractivity contribution is -0.107. The Morgan fingerprint density at radius 1 is 0.913 bits per heavy atom. The van der Waals surface area contributed by atoms with Crippen molar-refractivity contribution in [2.45, 2.75) is 27.2 Å². The average Bonchev–Trinajstić information content (AvgIpc) is 2.63. The lowest BCUT2D eigenvalue weighted by Gasteiger charge is -2.23. The van der Waals surface area contributed by atoms with Gasteiger partial charge in [-0.3, -0.25) is 4.79 Å². The molecule has 2 aromatic carbocycles. The Morgan fingerprint density at radius 2 is 1.43 bits per heavy atom. The molecule has 0 heterocycles. The van der Waals surface area contributed by atoms with Crippen LogP contribution in [0.5, 0.6) is 0 Å². The first kappa shape index (κ1) is 18.6. The van der Waals surface area contributed by atoms with E-state index in [4.69, 9.17) is 0 Å². The SMILES string of the molecule is CCC=O.CCN(CC)c1ccccc1C(=O)c1ccccc1. The molecule has 3 heteroatoms. The van der Waals surface area contributed by atoms with Crippen LogP contribution in [0, 0.1) is 0 Å². The zero-order chi connectivity index (χ0) is 17.1. The summed E-state index contributed by atoms with van der Waals surface area (Å²) in [6, 6.07) is 17.3. The molecule has 0 spiro atoms. The Hall–Kier alpha value is -2.42. The second-order valence-electron chi connectivity index (χ2n) is 4.96. The van der Waals surface area contributed by atoms with Crippen LogP contribution in [0.4, 0.5) is 5.69 Å². The molecular formula is C20H25NO2. The van der Waals surface area contributed by atoms with Crippen molar-refractivity contribution in [2.75, 3.05) is 18.0 Å². The standard InChI is InChI=1S/C17H19NO.C3H6O/c1-3-18(4-2)16-13-9-8-12-15(16)17(19)14-10-6-5-7-11-14;1-2-3-4/h5-13H,3-4H2,1-2H3;3H,2H2,1H3. The molecule has 0 radical (unpaired) electrons. The Balaban J connectivity index is 0.000000593. The smallest absolute Gasteiger partial charge is 0.195 e. The van der Waals surface area contributed by atoms with Crippen molar-refractivity contribution < 1.29 is 9.59 Å². The van der Waals surface area contributed by atoms with Crippen LogP contribution in [0.25, 0.3) is 0 Å². The number of ketones is 1. The van der Waals surface area contributed by atoms with Crippen LogP contribution in [-0.4, -0.2) is 25.2 Å². The Labute approximate surface area is 138 Å². The van der Waals surface area contributed by atoms with E-state index >= 15 is 0 Å². The number of nitrogens with zero attached hydrogens (tertiary/aromatic N) is 1. The van der Waals surface area contributed by atoms with Crippen molar-refractivity contribution in [1.82, 2.24) is 0 Å². The minimum atomic E-state index is 0.0862. The fourth-order valence-electron chi connectivity index (χ4n) is 2.25. The summed E-state index contributed by atoms with van der Waals surface area (Å²) in [6.07, 6.45) is 1.51. The summed E-state index contributed by atoms with van der Waals surface area (Å²) in [5, 5.41) is 0. The number of para-hydroxylation sites is 1. The number of hydrogen-bond donors (Lipinski definition) is 0.